The molecule has 0 aromatic heterocycles. The molecule has 1 aliphatic heterocycles. The van der Waals surface area contributed by atoms with Gasteiger partial charge in [0.1, 0.15) is 4.90 Å². The Balaban J connectivity index is 2.28. The van der Waals surface area contributed by atoms with Crippen LogP contribution in [0.4, 0.5) is 0 Å². The standard InChI is InChI=1S/C13H18ClNO3S/c1-10(16)11-5-4-8-15(9-11)19(17,18)13-7-3-2-6-12(13)14/h2-3,6-7,10-11,16H,4-5,8-9H2,1H3. The fraction of sp³-hybridized carbons (Fsp3) is 0.538. The summed E-state index contributed by atoms with van der Waals surface area (Å²) < 4.78 is 26.5. The molecular weight excluding hydrogens is 286 g/mol. The van der Waals surface area contributed by atoms with Crippen LogP contribution in [-0.2, 0) is 10.0 Å². The molecule has 106 valence electrons. The van der Waals surface area contributed by atoms with Gasteiger partial charge in [-0.25, -0.2) is 8.42 Å². The van der Waals surface area contributed by atoms with Crippen molar-refractivity contribution in [1.82, 2.24) is 4.31 Å². The Bertz CT molecular complexity index is 545. The average molecular weight is 304 g/mol. The number of halogens is 1. The van der Waals surface area contributed by atoms with E-state index in [1.807, 2.05) is 0 Å². The fourth-order valence-electron chi connectivity index (χ4n) is 2.38. The van der Waals surface area contributed by atoms with Crippen LogP contribution in [0, 0.1) is 5.92 Å². The van der Waals surface area contributed by atoms with E-state index in [-0.39, 0.29) is 15.8 Å². The lowest BCUT2D eigenvalue weighted by Crippen LogP contribution is -2.42. The third-order valence-electron chi connectivity index (χ3n) is 3.56. The first-order chi connectivity index (χ1) is 8.93. The van der Waals surface area contributed by atoms with Gasteiger partial charge in [0.2, 0.25) is 10.0 Å². The molecule has 1 aromatic rings. The van der Waals surface area contributed by atoms with Crippen LogP contribution in [0.2, 0.25) is 5.02 Å². The van der Waals surface area contributed by atoms with Crippen LogP contribution in [-0.4, -0.2) is 37.0 Å². The lowest BCUT2D eigenvalue weighted by atomic mass is 9.95. The summed E-state index contributed by atoms with van der Waals surface area (Å²) in [4.78, 5) is 0.142. The number of aliphatic hydroxyl groups excluding tert-OH is 1. The van der Waals surface area contributed by atoms with Gasteiger partial charge in [0.25, 0.3) is 0 Å². The summed E-state index contributed by atoms with van der Waals surface area (Å²) in [6.07, 6.45) is 1.12. The molecule has 0 bridgehead atoms. The average Bonchev–Trinajstić information content (AvgIpc) is 2.39. The Morgan fingerprint density at radius 3 is 2.74 bits per heavy atom. The van der Waals surface area contributed by atoms with Gasteiger partial charge in [-0.1, -0.05) is 23.7 Å². The lowest BCUT2D eigenvalue weighted by Gasteiger charge is -2.33. The van der Waals surface area contributed by atoms with E-state index in [9.17, 15) is 13.5 Å². The fourth-order valence-corrected chi connectivity index (χ4v) is 4.41. The van der Waals surface area contributed by atoms with Crippen LogP contribution >= 0.6 is 11.6 Å². The molecule has 1 aliphatic rings. The molecule has 2 rings (SSSR count). The third kappa shape index (κ3) is 3.11. The minimum atomic E-state index is -3.57. The second kappa shape index (κ2) is 5.79. The van der Waals surface area contributed by atoms with E-state index < -0.39 is 16.1 Å². The monoisotopic (exact) mass is 303 g/mol. The Hall–Kier alpha value is -0.620. The largest absolute Gasteiger partial charge is 0.393 e. The summed E-state index contributed by atoms with van der Waals surface area (Å²) >= 11 is 5.97. The number of nitrogens with zero attached hydrogens (tertiary/aromatic N) is 1. The van der Waals surface area contributed by atoms with Crippen molar-refractivity contribution in [2.75, 3.05) is 13.1 Å². The predicted octanol–water partition coefficient (Wildman–Crippen LogP) is 2.12. The van der Waals surface area contributed by atoms with Gasteiger partial charge < -0.3 is 5.11 Å². The first kappa shape index (κ1) is 14.8. The van der Waals surface area contributed by atoms with Crippen LogP contribution in [0.5, 0.6) is 0 Å². The van der Waals surface area contributed by atoms with Crippen LogP contribution in [0.3, 0.4) is 0 Å². The van der Waals surface area contributed by atoms with Crippen molar-refractivity contribution in [3.8, 4) is 0 Å². The topological polar surface area (TPSA) is 57.6 Å². The van der Waals surface area contributed by atoms with Gasteiger partial charge in [-0.3, -0.25) is 0 Å². The summed E-state index contributed by atoms with van der Waals surface area (Å²) in [6.45, 7) is 2.54. The van der Waals surface area contributed by atoms with Crippen LogP contribution in [0.15, 0.2) is 29.2 Å². The molecule has 1 aromatic carbocycles. The van der Waals surface area contributed by atoms with Crippen molar-refractivity contribution in [2.45, 2.75) is 30.8 Å². The summed E-state index contributed by atoms with van der Waals surface area (Å²) in [5.41, 5.74) is 0. The molecule has 0 aliphatic carbocycles. The van der Waals surface area contributed by atoms with Gasteiger partial charge in [0.05, 0.1) is 11.1 Å². The highest BCUT2D eigenvalue weighted by atomic mass is 35.5. The smallest absolute Gasteiger partial charge is 0.244 e. The van der Waals surface area contributed by atoms with Gasteiger partial charge in [-0.05, 0) is 37.8 Å². The van der Waals surface area contributed by atoms with Gasteiger partial charge in [-0.2, -0.15) is 4.31 Å². The highest BCUT2D eigenvalue weighted by Gasteiger charge is 2.32. The van der Waals surface area contributed by atoms with Crippen molar-refractivity contribution in [2.24, 2.45) is 5.92 Å². The van der Waals surface area contributed by atoms with Crippen molar-refractivity contribution in [3.05, 3.63) is 29.3 Å². The molecule has 0 amide bonds. The zero-order chi connectivity index (χ0) is 14.0. The predicted molar refractivity (Wildman–Crippen MR) is 74.6 cm³/mol. The van der Waals surface area contributed by atoms with Crippen molar-refractivity contribution in [3.63, 3.8) is 0 Å². The third-order valence-corrected chi connectivity index (χ3v) is 5.92. The maximum Gasteiger partial charge on any atom is 0.244 e. The van der Waals surface area contributed by atoms with Gasteiger partial charge in [0, 0.05) is 13.1 Å². The molecule has 1 saturated heterocycles. The van der Waals surface area contributed by atoms with E-state index in [2.05, 4.69) is 0 Å². The number of rotatable bonds is 3. The summed E-state index contributed by atoms with van der Waals surface area (Å²) in [5.74, 6) is -0.00832. The molecule has 1 heterocycles. The molecule has 2 unspecified atom stereocenters. The molecule has 1 N–H and O–H groups in total. The van der Waals surface area contributed by atoms with Gasteiger partial charge in [-0.15, -0.1) is 0 Å². The van der Waals surface area contributed by atoms with Crippen LogP contribution in [0.25, 0.3) is 0 Å². The maximum absolute atomic E-state index is 12.5. The maximum atomic E-state index is 12.5. The van der Waals surface area contributed by atoms with Crippen molar-refractivity contribution < 1.29 is 13.5 Å². The molecule has 0 radical (unpaired) electrons. The van der Waals surface area contributed by atoms with E-state index in [1.165, 1.54) is 10.4 Å². The quantitative estimate of drug-likeness (QED) is 0.930. The molecule has 1 fully saturated rings. The molecule has 0 saturated carbocycles. The number of sulfonamides is 1. The molecule has 19 heavy (non-hydrogen) atoms. The Morgan fingerprint density at radius 2 is 2.11 bits per heavy atom. The Kier molecular flexibility index (Phi) is 4.50. The van der Waals surface area contributed by atoms with E-state index in [4.69, 9.17) is 11.6 Å². The number of piperidine rings is 1. The summed E-state index contributed by atoms with van der Waals surface area (Å²) in [6, 6.07) is 6.46. The molecule has 6 heteroatoms. The zero-order valence-electron chi connectivity index (χ0n) is 10.8. The Labute approximate surface area is 119 Å². The number of hydrogen-bond donors (Lipinski definition) is 1. The van der Waals surface area contributed by atoms with E-state index in [1.54, 1.807) is 25.1 Å². The van der Waals surface area contributed by atoms with Crippen molar-refractivity contribution >= 4 is 21.6 Å². The summed E-state index contributed by atoms with van der Waals surface area (Å²) in [5, 5.41) is 9.88. The van der Waals surface area contributed by atoms with Crippen LogP contribution < -0.4 is 0 Å². The summed E-state index contributed by atoms with van der Waals surface area (Å²) in [7, 11) is -3.57. The minimum Gasteiger partial charge on any atom is -0.393 e. The Morgan fingerprint density at radius 1 is 1.42 bits per heavy atom. The van der Waals surface area contributed by atoms with Crippen molar-refractivity contribution in [1.29, 1.82) is 0 Å². The number of benzene rings is 1. The van der Waals surface area contributed by atoms with E-state index >= 15 is 0 Å². The van der Waals surface area contributed by atoms with E-state index in [0.29, 0.717) is 13.1 Å². The number of aliphatic hydroxyl groups is 1. The molecule has 2 atom stereocenters. The molecule has 4 nitrogen and oxygen atoms in total. The van der Waals surface area contributed by atoms with Gasteiger partial charge in [0.15, 0.2) is 0 Å². The highest BCUT2D eigenvalue weighted by Crippen LogP contribution is 2.28. The SMILES string of the molecule is CC(O)C1CCCN(S(=O)(=O)c2ccccc2Cl)C1. The first-order valence-electron chi connectivity index (χ1n) is 6.35. The highest BCUT2D eigenvalue weighted by molar-refractivity contribution is 7.89. The normalized spacial score (nSPS) is 23.2. The first-order valence-corrected chi connectivity index (χ1v) is 8.17. The minimum absolute atomic E-state index is 0.00832. The molecular formula is C13H18ClNO3S. The van der Waals surface area contributed by atoms with Crippen LogP contribution in [0.1, 0.15) is 19.8 Å². The lowest BCUT2D eigenvalue weighted by molar-refractivity contribution is 0.0885. The zero-order valence-corrected chi connectivity index (χ0v) is 12.4. The van der Waals surface area contributed by atoms with Gasteiger partial charge >= 0.3 is 0 Å². The second-order valence-corrected chi connectivity index (χ2v) is 7.25. The van der Waals surface area contributed by atoms with E-state index in [0.717, 1.165) is 12.8 Å². The molecule has 0 spiro atoms. The number of hydrogen-bond acceptors (Lipinski definition) is 3. The second-order valence-electron chi connectivity index (χ2n) is 4.94.